The minimum atomic E-state index is -4.58. The van der Waals surface area contributed by atoms with Crippen molar-refractivity contribution in [3.8, 4) is 0 Å². The molecular formula is C25H28F3N5O4. The molecule has 2 aliphatic rings. The Bertz CT molecular complexity index is 1200. The van der Waals surface area contributed by atoms with Gasteiger partial charge in [-0.3, -0.25) is 9.59 Å². The van der Waals surface area contributed by atoms with Gasteiger partial charge in [-0.2, -0.15) is 18.3 Å². The SMILES string of the molecule is CC1(C)CC(C(OC2(n3cc(C(F)(F)F)cn3)N=CC=CN2)c2ccc(C(=O)NCCC(=O)O)cc2)C1. The number of benzene rings is 1. The van der Waals surface area contributed by atoms with Crippen LogP contribution in [0.15, 0.2) is 53.9 Å². The van der Waals surface area contributed by atoms with E-state index in [2.05, 4.69) is 34.6 Å². The highest BCUT2D eigenvalue weighted by molar-refractivity contribution is 5.94. The Labute approximate surface area is 211 Å². The number of rotatable bonds is 9. The summed E-state index contributed by atoms with van der Waals surface area (Å²) >= 11 is 0. The Morgan fingerprint density at radius 3 is 2.51 bits per heavy atom. The number of amides is 1. The Kier molecular flexibility index (Phi) is 7.13. The van der Waals surface area contributed by atoms with Gasteiger partial charge in [-0.25, -0.2) is 9.67 Å². The molecule has 9 nitrogen and oxygen atoms in total. The third kappa shape index (κ3) is 6.01. The average Bonchev–Trinajstić information content (AvgIpc) is 3.33. The second-order valence-electron chi connectivity index (χ2n) is 9.95. The number of aromatic nitrogens is 2. The van der Waals surface area contributed by atoms with Gasteiger partial charge < -0.3 is 20.5 Å². The number of ether oxygens (including phenoxy) is 1. The maximum Gasteiger partial charge on any atom is 0.419 e. The number of alkyl halides is 3. The maximum absolute atomic E-state index is 13.3. The molecule has 0 spiro atoms. The highest BCUT2D eigenvalue weighted by Gasteiger charge is 2.47. The minimum absolute atomic E-state index is 0.00229. The number of halogens is 3. The van der Waals surface area contributed by atoms with Crippen molar-refractivity contribution in [2.24, 2.45) is 16.3 Å². The van der Waals surface area contributed by atoms with Crippen molar-refractivity contribution in [3.63, 3.8) is 0 Å². The van der Waals surface area contributed by atoms with Crippen molar-refractivity contribution in [1.29, 1.82) is 0 Å². The fourth-order valence-corrected chi connectivity index (χ4v) is 4.66. The first-order chi connectivity index (χ1) is 17.4. The molecule has 1 fully saturated rings. The van der Waals surface area contributed by atoms with Gasteiger partial charge in [0.05, 0.1) is 24.3 Å². The first-order valence-electron chi connectivity index (χ1n) is 11.8. The summed E-state index contributed by atoms with van der Waals surface area (Å²) in [6, 6.07) is 6.65. The lowest BCUT2D eigenvalue weighted by Gasteiger charge is -2.48. The first kappa shape index (κ1) is 26.4. The molecule has 1 aliphatic carbocycles. The third-order valence-corrected chi connectivity index (χ3v) is 6.40. The maximum atomic E-state index is 13.3. The number of hydrogen-bond donors (Lipinski definition) is 3. The van der Waals surface area contributed by atoms with E-state index in [0.29, 0.717) is 5.56 Å². The Morgan fingerprint density at radius 1 is 1.27 bits per heavy atom. The van der Waals surface area contributed by atoms with Gasteiger partial charge in [-0.15, -0.1) is 0 Å². The second kappa shape index (κ2) is 10.0. The molecule has 0 bridgehead atoms. The number of hydrogen-bond acceptors (Lipinski definition) is 6. The molecule has 0 saturated heterocycles. The molecule has 1 aromatic heterocycles. The first-order valence-corrected chi connectivity index (χ1v) is 11.8. The van der Waals surface area contributed by atoms with Gasteiger partial charge in [0.25, 0.3) is 5.91 Å². The zero-order valence-corrected chi connectivity index (χ0v) is 20.3. The van der Waals surface area contributed by atoms with Crippen LogP contribution in [-0.2, 0) is 21.7 Å². The molecule has 2 aromatic rings. The summed E-state index contributed by atoms with van der Waals surface area (Å²) < 4.78 is 47.4. The molecule has 1 saturated carbocycles. The largest absolute Gasteiger partial charge is 0.481 e. The molecule has 1 amide bonds. The molecule has 3 N–H and O–H groups in total. The van der Waals surface area contributed by atoms with Gasteiger partial charge in [0.2, 0.25) is 0 Å². The number of carbonyl (C=O) groups is 2. The number of carbonyl (C=O) groups excluding carboxylic acids is 1. The van der Waals surface area contributed by atoms with Crippen molar-refractivity contribution in [3.05, 3.63) is 65.6 Å². The van der Waals surface area contributed by atoms with Crippen molar-refractivity contribution in [2.75, 3.05) is 6.54 Å². The van der Waals surface area contributed by atoms with E-state index in [4.69, 9.17) is 9.84 Å². The molecule has 2 heterocycles. The van der Waals surface area contributed by atoms with Crippen molar-refractivity contribution < 1.29 is 32.6 Å². The van der Waals surface area contributed by atoms with Gasteiger partial charge >= 0.3 is 18.1 Å². The summed E-state index contributed by atoms with van der Waals surface area (Å²) in [5.41, 5.74) is 0.218. The number of carboxylic acid groups (broad SMARTS) is 1. The molecule has 4 rings (SSSR count). The van der Waals surface area contributed by atoms with E-state index in [0.717, 1.165) is 35.5 Å². The van der Waals surface area contributed by atoms with Crippen LogP contribution in [-0.4, -0.2) is 39.5 Å². The van der Waals surface area contributed by atoms with Crippen LogP contribution in [0.3, 0.4) is 0 Å². The van der Waals surface area contributed by atoms with Crippen LogP contribution in [0.4, 0.5) is 13.2 Å². The number of carboxylic acids is 1. The molecule has 1 aliphatic heterocycles. The van der Waals surface area contributed by atoms with E-state index in [9.17, 15) is 22.8 Å². The van der Waals surface area contributed by atoms with Crippen molar-refractivity contribution >= 4 is 18.1 Å². The lowest BCUT2D eigenvalue weighted by Crippen LogP contribution is -2.50. The smallest absolute Gasteiger partial charge is 0.419 e. The van der Waals surface area contributed by atoms with Gasteiger partial charge in [0.15, 0.2) is 0 Å². The average molecular weight is 520 g/mol. The number of allylic oxidation sites excluding steroid dienone is 1. The summed E-state index contributed by atoms with van der Waals surface area (Å²) in [6.45, 7) is 4.26. The molecule has 198 valence electrons. The van der Waals surface area contributed by atoms with Gasteiger partial charge in [0, 0.05) is 30.7 Å². The Balaban J connectivity index is 1.61. The molecule has 0 radical (unpaired) electrons. The number of aliphatic imine (C=N–C) groups is 1. The number of aliphatic carboxylic acids is 1. The van der Waals surface area contributed by atoms with Crippen LogP contribution in [0.5, 0.6) is 0 Å². The van der Waals surface area contributed by atoms with E-state index in [1.54, 1.807) is 30.3 Å². The van der Waals surface area contributed by atoms with Crippen LogP contribution in [0.25, 0.3) is 0 Å². The molecule has 12 heteroatoms. The van der Waals surface area contributed by atoms with E-state index in [-0.39, 0.29) is 24.3 Å². The van der Waals surface area contributed by atoms with Crippen LogP contribution >= 0.6 is 0 Å². The van der Waals surface area contributed by atoms with E-state index < -0.39 is 35.7 Å². The van der Waals surface area contributed by atoms with Crippen LogP contribution < -0.4 is 10.6 Å². The standard InChI is InChI=1S/C25H28F3N5O4/c1-23(2)12-18(13-23)21(16-4-6-17(7-5-16)22(36)29-11-8-20(34)35)37-25(30-9-3-10-31-25)33-15-19(14-32-33)24(26,27)28/h3-7,9-10,14-15,18,21,30H,8,11-13H2,1-2H3,(H,29,36)(H,34,35). The quantitative estimate of drug-likeness (QED) is 0.460. The lowest BCUT2D eigenvalue weighted by atomic mass is 9.62. The fraction of sp³-hybridized carbons (Fsp3) is 0.440. The fourth-order valence-electron chi connectivity index (χ4n) is 4.66. The van der Waals surface area contributed by atoms with Gasteiger partial charge in [-0.05, 0) is 47.9 Å². The summed E-state index contributed by atoms with van der Waals surface area (Å²) in [7, 11) is 0. The normalized spacial score (nSPS) is 21.6. The van der Waals surface area contributed by atoms with Crippen molar-refractivity contribution in [2.45, 2.75) is 51.4 Å². The highest BCUT2D eigenvalue weighted by atomic mass is 19.4. The summed E-state index contributed by atoms with van der Waals surface area (Å²) in [5, 5.41) is 18.1. The van der Waals surface area contributed by atoms with Gasteiger partial charge in [-0.1, -0.05) is 26.0 Å². The molecule has 2 unspecified atom stereocenters. The molecule has 2 atom stereocenters. The topological polar surface area (TPSA) is 118 Å². The van der Waals surface area contributed by atoms with E-state index >= 15 is 0 Å². The van der Waals surface area contributed by atoms with Crippen molar-refractivity contribution in [1.82, 2.24) is 20.4 Å². The van der Waals surface area contributed by atoms with Crippen LogP contribution in [0.2, 0.25) is 0 Å². The molecule has 37 heavy (non-hydrogen) atoms. The molecule has 1 aromatic carbocycles. The van der Waals surface area contributed by atoms with E-state index in [1.807, 2.05) is 0 Å². The van der Waals surface area contributed by atoms with Gasteiger partial charge in [0.1, 0.15) is 0 Å². The molecular weight excluding hydrogens is 491 g/mol. The predicted octanol–water partition coefficient (Wildman–Crippen LogP) is 4.06. The summed E-state index contributed by atoms with van der Waals surface area (Å²) in [4.78, 5) is 27.4. The predicted molar refractivity (Wildman–Crippen MR) is 127 cm³/mol. The highest BCUT2D eigenvalue weighted by Crippen LogP contribution is 2.52. The van der Waals surface area contributed by atoms with Crippen LogP contribution in [0.1, 0.15) is 60.7 Å². The Morgan fingerprint density at radius 2 is 1.97 bits per heavy atom. The summed E-state index contributed by atoms with van der Waals surface area (Å²) in [6.07, 6.45) is 2.40. The third-order valence-electron chi connectivity index (χ3n) is 6.40. The monoisotopic (exact) mass is 519 g/mol. The number of nitrogens with zero attached hydrogens (tertiary/aromatic N) is 3. The summed E-state index contributed by atoms with van der Waals surface area (Å²) in [5.74, 6) is -3.12. The van der Waals surface area contributed by atoms with E-state index in [1.165, 1.54) is 12.4 Å². The minimum Gasteiger partial charge on any atom is -0.481 e. The zero-order chi connectivity index (χ0) is 26.8. The number of nitrogens with one attached hydrogen (secondary N) is 2. The zero-order valence-electron chi connectivity index (χ0n) is 20.3. The second-order valence-corrected chi connectivity index (χ2v) is 9.95. The lowest BCUT2D eigenvalue weighted by molar-refractivity contribution is -0.201. The van der Waals surface area contributed by atoms with Crippen LogP contribution in [0, 0.1) is 11.3 Å². The Hall–Kier alpha value is -3.67.